The third kappa shape index (κ3) is 4.37. The summed E-state index contributed by atoms with van der Waals surface area (Å²) in [6, 6.07) is 14.7. The molecule has 2 aromatic heterocycles. The van der Waals surface area contributed by atoms with Gasteiger partial charge < -0.3 is 5.11 Å². The number of H-pyrrole nitrogens is 1. The molecule has 32 heavy (non-hydrogen) atoms. The molecule has 2 heterocycles. The number of carboxylic acid groups (broad SMARTS) is 1. The number of aromatic nitrogens is 2. The number of carbonyl (C=O) groups is 1. The topological polar surface area (TPSA) is 92.2 Å². The zero-order valence-corrected chi connectivity index (χ0v) is 18.5. The lowest BCUT2D eigenvalue weighted by atomic mass is 10.1. The van der Waals surface area contributed by atoms with E-state index >= 15 is 0 Å². The second-order valence-corrected chi connectivity index (χ2v) is 8.66. The second kappa shape index (κ2) is 8.87. The Kier molecular flexibility index (Phi) is 5.99. The molecule has 0 aliphatic carbocycles. The highest BCUT2D eigenvalue weighted by Gasteiger charge is 2.17. The van der Waals surface area contributed by atoms with Gasteiger partial charge in [0.05, 0.1) is 21.9 Å². The lowest BCUT2D eigenvalue weighted by Crippen LogP contribution is -2.37. The molecule has 0 saturated heterocycles. The molecule has 0 spiro atoms. The Bertz CT molecular complexity index is 1500. The van der Waals surface area contributed by atoms with Gasteiger partial charge in [-0.2, -0.15) is 0 Å². The van der Waals surface area contributed by atoms with E-state index in [9.17, 15) is 14.4 Å². The summed E-state index contributed by atoms with van der Waals surface area (Å²) in [5.74, 6) is 5.08. The van der Waals surface area contributed by atoms with Crippen LogP contribution < -0.4 is 11.2 Å². The second-order valence-electron chi connectivity index (χ2n) is 7.17. The molecule has 2 N–H and O–H groups in total. The van der Waals surface area contributed by atoms with Crippen LogP contribution in [0.25, 0.3) is 10.2 Å². The van der Waals surface area contributed by atoms with Crippen molar-refractivity contribution in [1.82, 2.24) is 9.55 Å². The molecule has 8 heteroatoms. The maximum absolute atomic E-state index is 13.1. The number of hydrogen-bond acceptors (Lipinski definition) is 4. The zero-order valence-electron chi connectivity index (χ0n) is 16.9. The number of aromatic amines is 1. The van der Waals surface area contributed by atoms with Gasteiger partial charge in [-0.1, -0.05) is 47.7 Å². The van der Waals surface area contributed by atoms with Gasteiger partial charge in [0, 0.05) is 11.4 Å². The predicted molar refractivity (Wildman–Crippen MR) is 126 cm³/mol. The van der Waals surface area contributed by atoms with Gasteiger partial charge in [-0.3, -0.25) is 14.3 Å². The standard InChI is InChI=1S/C24H17ClN2O4S/c1-14(16-8-10-17(11-9-16)23(29)30)27-22(28)20-13-19(32-21(20)26-24(27)31)7-3-5-15-4-2-6-18(25)12-15/h2,4,6,8-14H,5H2,1H3,(H,26,31)(H,29,30). The van der Waals surface area contributed by atoms with Crippen LogP contribution >= 0.6 is 22.9 Å². The van der Waals surface area contributed by atoms with Crippen LogP contribution in [0.5, 0.6) is 0 Å². The Hall–Kier alpha value is -3.60. The van der Waals surface area contributed by atoms with Gasteiger partial charge in [0.1, 0.15) is 4.83 Å². The molecule has 6 nitrogen and oxygen atoms in total. The summed E-state index contributed by atoms with van der Waals surface area (Å²) < 4.78 is 1.13. The number of nitrogens with one attached hydrogen (secondary N) is 1. The van der Waals surface area contributed by atoms with Crippen LogP contribution in [-0.4, -0.2) is 20.6 Å². The van der Waals surface area contributed by atoms with Crippen molar-refractivity contribution < 1.29 is 9.90 Å². The van der Waals surface area contributed by atoms with Gasteiger partial charge in [-0.25, -0.2) is 9.59 Å². The van der Waals surface area contributed by atoms with Crippen molar-refractivity contribution in [1.29, 1.82) is 0 Å². The largest absolute Gasteiger partial charge is 0.478 e. The van der Waals surface area contributed by atoms with Gasteiger partial charge in [0.2, 0.25) is 0 Å². The van der Waals surface area contributed by atoms with E-state index in [0.29, 0.717) is 32.1 Å². The first-order valence-corrected chi connectivity index (χ1v) is 10.9. The molecular formula is C24H17ClN2O4S. The van der Waals surface area contributed by atoms with Crippen LogP contribution in [-0.2, 0) is 6.42 Å². The average molecular weight is 465 g/mol. The first-order chi connectivity index (χ1) is 15.3. The van der Waals surface area contributed by atoms with Gasteiger partial charge in [0.25, 0.3) is 5.56 Å². The number of thiophene rings is 1. The van der Waals surface area contributed by atoms with Crippen molar-refractivity contribution in [3.05, 3.63) is 102 Å². The molecule has 4 rings (SSSR count). The Morgan fingerprint density at radius 3 is 2.62 bits per heavy atom. The number of nitrogens with zero attached hydrogens (tertiary/aromatic N) is 1. The number of fused-ring (bicyclic) bond motifs is 1. The summed E-state index contributed by atoms with van der Waals surface area (Å²) in [4.78, 5) is 40.7. The van der Waals surface area contributed by atoms with Gasteiger partial charge in [0.15, 0.2) is 0 Å². The smallest absolute Gasteiger partial charge is 0.335 e. The quantitative estimate of drug-likeness (QED) is 0.440. The van der Waals surface area contributed by atoms with E-state index in [1.807, 2.05) is 18.2 Å². The number of hydrogen-bond donors (Lipinski definition) is 2. The molecule has 0 fully saturated rings. The lowest BCUT2D eigenvalue weighted by Gasteiger charge is -2.14. The van der Waals surface area contributed by atoms with Crippen LogP contribution in [0.2, 0.25) is 5.02 Å². The van der Waals surface area contributed by atoms with E-state index in [4.69, 9.17) is 16.7 Å². The van der Waals surface area contributed by atoms with Gasteiger partial charge >= 0.3 is 11.7 Å². The van der Waals surface area contributed by atoms with Crippen molar-refractivity contribution in [3.8, 4) is 11.8 Å². The Morgan fingerprint density at radius 1 is 1.19 bits per heavy atom. The highest BCUT2D eigenvalue weighted by atomic mass is 35.5. The normalized spacial score (nSPS) is 11.7. The molecule has 0 amide bonds. The first kappa shape index (κ1) is 21.6. The SMILES string of the molecule is CC(c1ccc(C(=O)O)cc1)n1c(=O)[nH]c2sc(C#CCc3cccc(Cl)c3)cc2c1=O. The van der Waals surface area contributed by atoms with Crippen LogP contribution in [0.3, 0.4) is 0 Å². The molecular weight excluding hydrogens is 448 g/mol. The molecule has 1 atom stereocenters. The van der Waals surface area contributed by atoms with E-state index in [0.717, 1.165) is 10.1 Å². The monoisotopic (exact) mass is 464 g/mol. The summed E-state index contributed by atoms with van der Waals surface area (Å²) in [6.45, 7) is 1.72. The summed E-state index contributed by atoms with van der Waals surface area (Å²) in [5, 5.41) is 10.1. The minimum atomic E-state index is -1.04. The van der Waals surface area contributed by atoms with Gasteiger partial charge in [-0.15, -0.1) is 11.3 Å². The first-order valence-electron chi connectivity index (χ1n) is 9.68. The Labute approximate surface area is 191 Å². The Balaban J connectivity index is 1.66. The van der Waals surface area contributed by atoms with Crippen molar-refractivity contribution >= 4 is 39.1 Å². The molecule has 0 aliphatic rings. The van der Waals surface area contributed by atoms with Crippen molar-refractivity contribution in [2.45, 2.75) is 19.4 Å². The number of carboxylic acids is 1. The molecule has 160 valence electrons. The van der Waals surface area contributed by atoms with Crippen molar-refractivity contribution in [2.24, 2.45) is 0 Å². The van der Waals surface area contributed by atoms with Crippen LogP contribution in [0.15, 0.2) is 64.2 Å². The fourth-order valence-corrected chi connectivity index (χ4v) is 4.50. The lowest BCUT2D eigenvalue weighted by molar-refractivity contribution is 0.0697. The molecule has 0 saturated carbocycles. The minimum Gasteiger partial charge on any atom is -0.478 e. The fourth-order valence-electron chi connectivity index (χ4n) is 3.37. The number of halogens is 1. The summed E-state index contributed by atoms with van der Waals surface area (Å²) >= 11 is 7.24. The van der Waals surface area contributed by atoms with E-state index in [1.54, 1.807) is 31.2 Å². The van der Waals surface area contributed by atoms with Crippen LogP contribution in [0.4, 0.5) is 0 Å². The zero-order chi connectivity index (χ0) is 22.8. The third-order valence-electron chi connectivity index (χ3n) is 5.04. The van der Waals surface area contributed by atoms with Gasteiger partial charge in [-0.05, 0) is 48.4 Å². The fraction of sp³-hybridized carbons (Fsp3) is 0.125. The molecule has 4 aromatic rings. The molecule has 0 radical (unpaired) electrons. The highest BCUT2D eigenvalue weighted by molar-refractivity contribution is 7.19. The number of rotatable bonds is 4. The number of aromatic carboxylic acids is 1. The predicted octanol–water partition coefficient (Wildman–Crippen LogP) is 4.31. The maximum atomic E-state index is 13.1. The number of benzene rings is 2. The van der Waals surface area contributed by atoms with E-state index in [2.05, 4.69) is 16.8 Å². The van der Waals surface area contributed by atoms with E-state index in [1.165, 1.54) is 23.5 Å². The summed E-state index contributed by atoms with van der Waals surface area (Å²) in [6.07, 6.45) is 0.513. The summed E-state index contributed by atoms with van der Waals surface area (Å²) in [7, 11) is 0. The van der Waals surface area contributed by atoms with Crippen LogP contribution in [0, 0.1) is 11.8 Å². The van der Waals surface area contributed by atoms with Crippen molar-refractivity contribution in [3.63, 3.8) is 0 Å². The third-order valence-corrected chi connectivity index (χ3v) is 6.24. The average Bonchev–Trinajstić information content (AvgIpc) is 3.16. The van der Waals surface area contributed by atoms with E-state index < -0.39 is 23.3 Å². The molecule has 0 aliphatic heterocycles. The Morgan fingerprint density at radius 2 is 1.94 bits per heavy atom. The van der Waals surface area contributed by atoms with Crippen LogP contribution in [0.1, 0.15) is 39.3 Å². The maximum Gasteiger partial charge on any atom is 0.335 e. The summed E-state index contributed by atoms with van der Waals surface area (Å²) in [5.41, 5.74) is 0.829. The molecule has 2 aromatic carbocycles. The minimum absolute atomic E-state index is 0.136. The van der Waals surface area contributed by atoms with Crippen molar-refractivity contribution in [2.75, 3.05) is 0 Å². The van der Waals surface area contributed by atoms with E-state index in [-0.39, 0.29) is 5.56 Å². The highest BCUT2D eigenvalue weighted by Crippen LogP contribution is 2.21. The molecule has 1 unspecified atom stereocenters. The molecule has 0 bridgehead atoms.